The van der Waals surface area contributed by atoms with E-state index in [-0.39, 0.29) is 17.2 Å². The van der Waals surface area contributed by atoms with Gasteiger partial charge >= 0.3 is 0 Å². The fourth-order valence-corrected chi connectivity index (χ4v) is 5.63. The van der Waals surface area contributed by atoms with Gasteiger partial charge in [-0.2, -0.15) is 0 Å². The number of aliphatic hydroxyl groups excluding tert-OH is 2. The zero-order chi connectivity index (χ0) is 15.6. The summed E-state index contributed by atoms with van der Waals surface area (Å²) in [5, 5.41) is 30.3. The van der Waals surface area contributed by atoms with Gasteiger partial charge in [0.15, 0.2) is 0 Å². The van der Waals surface area contributed by atoms with Crippen molar-refractivity contribution in [3.8, 4) is 5.75 Å². The van der Waals surface area contributed by atoms with E-state index in [2.05, 4.69) is 6.92 Å². The van der Waals surface area contributed by atoms with E-state index in [1.165, 1.54) is 5.56 Å². The molecule has 3 aliphatic carbocycles. The normalized spacial score (nSPS) is 46.7. The number of phenolic OH excluding ortho intramolecular Hbond substituents is 1. The van der Waals surface area contributed by atoms with Gasteiger partial charge in [-0.15, -0.1) is 0 Å². The van der Waals surface area contributed by atoms with Crippen molar-refractivity contribution in [1.82, 2.24) is 0 Å². The number of fused-ring (bicyclic) bond motifs is 5. The number of nitrogens with two attached hydrogens (primary N) is 1. The Balaban J connectivity index is 1.75. The minimum atomic E-state index is -0.615. The lowest BCUT2D eigenvalue weighted by atomic mass is 9.55. The highest BCUT2D eigenvalue weighted by molar-refractivity contribution is 5.42. The van der Waals surface area contributed by atoms with E-state index in [1.807, 2.05) is 12.1 Å². The maximum atomic E-state index is 10.4. The van der Waals surface area contributed by atoms with Gasteiger partial charge in [0.1, 0.15) is 5.75 Å². The Morgan fingerprint density at radius 1 is 1.18 bits per heavy atom. The standard InChI is InChI=1S/C18H25NO3/c1-18-5-4-11-10-3-2-9(20)6-13(10)15(19)7-12(11)14(18)8-16(21)17(18)22/h2-3,6,11-12,14-17,20-22H,4-5,7-8,19H2,1H3/t11?,12?,14?,15-,16-,17+,18+/m1/s1. The quantitative estimate of drug-likeness (QED) is 0.591. The first kappa shape index (κ1) is 14.5. The molecule has 4 rings (SSSR count). The van der Waals surface area contributed by atoms with Gasteiger partial charge < -0.3 is 21.1 Å². The summed E-state index contributed by atoms with van der Waals surface area (Å²) in [6, 6.07) is 5.51. The topological polar surface area (TPSA) is 86.7 Å². The van der Waals surface area contributed by atoms with Crippen molar-refractivity contribution in [2.75, 3.05) is 0 Å². The van der Waals surface area contributed by atoms with E-state index < -0.39 is 12.2 Å². The van der Waals surface area contributed by atoms with Crippen LogP contribution in [0.25, 0.3) is 0 Å². The molecule has 22 heavy (non-hydrogen) atoms. The largest absolute Gasteiger partial charge is 0.508 e. The highest BCUT2D eigenvalue weighted by Crippen LogP contribution is 2.61. The number of hydrogen-bond donors (Lipinski definition) is 4. The number of phenols is 1. The van der Waals surface area contributed by atoms with Crippen LogP contribution in [0.4, 0.5) is 0 Å². The van der Waals surface area contributed by atoms with E-state index >= 15 is 0 Å². The molecule has 2 saturated carbocycles. The second-order valence-electron chi connectivity index (χ2n) is 7.82. The van der Waals surface area contributed by atoms with Gasteiger partial charge in [0.05, 0.1) is 12.2 Å². The molecule has 0 bridgehead atoms. The van der Waals surface area contributed by atoms with Gasteiger partial charge in [-0.3, -0.25) is 0 Å². The first-order valence-electron chi connectivity index (χ1n) is 8.36. The Bertz CT molecular complexity index is 604. The zero-order valence-corrected chi connectivity index (χ0v) is 12.9. The number of aromatic hydroxyl groups is 1. The number of aliphatic hydroxyl groups is 2. The van der Waals surface area contributed by atoms with E-state index in [4.69, 9.17) is 5.73 Å². The van der Waals surface area contributed by atoms with Crippen LogP contribution in [0.15, 0.2) is 18.2 Å². The smallest absolute Gasteiger partial charge is 0.115 e. The van der Waals surface area contributed by atoms with Crippen LogP contribution in [0.2, 0.25) is 0 Å². The number of rotatable bonds is 0. The fourth-order valence-electron chi connectivity index (χ4n) is 5.63. The van der Waals surface area contributed by atoms with Crippen molar-refractivity contribution < 1.29 is 15.3 Å². The molecule has 0 aromatic heterocycles. The van der Waals surface area contributed by atoms with E-state index in [0.29, 0.717) is 24.2 Å². The third-order valence-corrected chi connectivity index (χ3v) is 6.81. The Morgan fingerprint density at radius 3 is 2.73 bits per heavy atom. The molecule has 0 radical (unpaired) electrons. The summed E-state index contributed by atoms with van der Waals surface area (Å²) in [6.07, 6.45) is 2.29. The van der Waals surface area contributed by atoms with Crippen molar-refractivity contribution in [3.05, 3.63) is 29.3 Å². The van der Waals surface area contributed by atoms with Crippen LogP contribution < -0.4 is 5.73 Å². The van der Waals surface area contributed by atoms with E-state index in [1.54, 1.807) is 6.07 Å². The van der Waals surface area contributed by atoms with Crippen LogP contribution in [0.5, 0.6) is 5.75 Å². The van der Waals surface area contributed by atoms with Crippen molar-refractivity contribution in [2.45, 2.75) is 56.8 Å². The molecule has 4 heteroatoms. The van der Waals surface area contributed by atoms with Crippen LogP contribution in [-0.4, -0.2) is 27.5 Å². The Morgan fingerprint density at radius 2 is 1.95 bits per heavy atom. The van der Waals surface area contributed by atoms with Gasteiger partial charge in [0.2, 0.25) is 0 Å². The predicted molar refractivity (Wildman–Crippen MR) is 83.3 cm³/mol. The molecule has 5 N–H and O–H groups in total. The molecule has 1 aromatic carbocycles. The van der Waals surface area contributed by atoms with Gasteiger partial charge in [0, 0.05) is 6.04 Å². The minimum absolute atomic E-state index is 0.0689. The van der Waals surface area contributed by atoms with Gasteiger partial charge in [-0.1, -0.05) is 13.0 Å². The van der Waals surface area contributed by atoms with Gasteiger partial charge in [-0.25, -0.2) is 0 Å². The SMILES string of the molecule is C[C@]12CCC3c4ccc(O)cc4[C@H](N)CC3C1C[C@@H](O)[C@@H]2O. The molecule has 3 unspecified atom stereocenters. The van der Waals surface area contributed by atoms with Crippen LogP contribution in [0, 0.1) is 17.3 Å². The molecule has 3 aliphatic rings. The van der Waals surface area contributed by atoms with Crippen molar-refractivity contribution >= 4 is 0 Å². The molecule has 0 aliphatic heterocycles. The monoisotopic (exact) mass is 303 g/mol. The van der Waals surface area contributed by atoms with Crippen molar-refractivity contribution in [3.63, 3.8) is 0 Å². The summed E-state index contributed by atoms with van der Waals surface area (Å²) < 4.78 is 0. The molecule has 120 valence electrons. The molecule has 0 amide bonds. The highest BCUT2D eigenvalue weighted by atomic mass is 16.3. The lowest BCUT2D eigenvalue weighted by molar-refractivity contribution is -0.0516. The molecule has 0 saturated heterocycles. The third-order valence-electron chi connectivity index (χ3n) is 6.81. The van der Waals surface area contributed by atoms with E-state index in [9.17, 15) is 15.3 Å². The molecule has 2 fully saturated rings. The van der Waals surface area contributed by atoms with Crippen LogP contribution in [0.3, 0.4) is 0 Å². The Hall–Kier alpha value is -1.10. The van der Waals surface area contributed by atoms with Gasteiger partial charge in [0.25, 0.3) is 0 Å². The Kier molecular flexibility index (Phi) is 3.09. The zero-order valence-electron chi connectivity index (χ0n) is 12.9. The lowest BCUT2D eigenvalue weighted by Crippen LogP contribution is -2.46. The summed E-state index contributed by atoms with van der Waals surface area (Å²) in [5.41, 5.74) is 8.53. The number of hydrogen-bond acceptors (Lipinski definition) is 4. The molecule has 0 spiro atoms. The predicted octanol–water partition coefficient (Wildman–Crippen LogP) is 2.04. The summed E-state index contributed by atoms with van der Waals surface area (Å²) >= 11 is 0. The summed E-state index contributed by atoms with van der Waals surface area (Å²) in [7, 11) is 0. The van der Waals surface area contributed by atoms with Crippen LogP contribution in [0.1, 0.15) is 55.7 Å². The highest BCUT2D eigenvalue weighted by Gasteiger charge is 2.58. The summed E-state index contributed by atoms with van der Waals surface area (Å²) in [6.45, 7) is 2.13. The first-order chi connectivity index (χ1) is 10.4. The second kappa shape index (κ2) is 4.70. The van der Waals surface area contributed by atoms with Gasteiger partial charge in [-0.05, 0) is 72.1 Å². The maximum Gasteiger partial charge on any atom is 0.115 e. The van der Waals surface area contributed by atoms with Crippen molar-refractivity contribution in [1.29, 1.82) is 0 Å². The molecule has 4 nitrogen and oxygen atoms in total. The average Bonchev–Trinajstić information content (AvgIpc) is 2.72. The fraction of sp³-hybridized carbons (Fsp3) is 0.667. The summed E-state index contributed by atoms with van der Waals surface area (Å²) in [4.78, 5) is 0. The van der Waals surface area contributed by atoms with Crippen molar-refractivity contribution in [2.24, 2.45) is 23.0 Å². The van der Waals surface area contributed by atoms with Crippen LogP contribution in [-0.2, 0) is 0 Å². The second-order valence-corrected chi connectivity index (χ2v) is 7.82. The molecule has 7 atom stereocenters. The average molecular weight is 303 g/mol. The molecular formula is C18H25NO3. The lowest BCUT2D eigenvalue weighted by Gasteiger charge is -2.51. The third kappa shape index (κ3) is 1.81. The maximum absolute atomic E-state index is 10.4. The number of benzene rings is 1. The summed E-state index contributed by atoms with van der Waals surface area (Å²) in [5.74, 6) is 1.45. The minimum Gasteiger partial charge on any atom is -0.508 e. The van der Waals surface area contributed by atoms with Crippen LogP contribution >= 0.6 is 0 Å². The first-order valence-corrected chi connectivity index (χ1v) is 8.36. The molecule has 1 aromatic rings. The Labute approximate surface area is 131 Å². The van der Waals surface area contributed by atoms with E-state index in [0.717, 1.165) is 24.8 Å². The molecule has 0 heterocycles. The molecular weight excluding hydrogens is 278 g/mol.